The first-order valence-corrected chi connectivity index (χ1v) is 7.68. The van der Waals surface area contributed by atoms with Gasteiger partial charge in [-0.25, -0.2) is 0 Å². The van der Waals surface area contributed by atoms with Crippen molar-refractivity contribution in [2.24, 2.45) is 0 Å². The Bertz CT molecular complexity index is 644. The maximum Gasteiger partial charge on any atom is 0.0725 e. The molecule has 1 unspecified atom stereocenters. The van der Waals surface area contributed by atoms with Crippen molar-refractivity contribution in [1.29, 1.82) is 0 Å². The molecule has 0 radical (unpaired) electrons. The van der Waals surface area contributed by atoms with Crippen LogP contribution in [-0.2, 0) is 18.0 Å². The molecule has 0 amide bonds. The van der Waals surface area contributed by atoms with Crippen LogP contribution in [0.1, 0.15) is 28.3 Å². The van der Waals surface area contributed by atoms with Crippen molar-refractivity contribution >= 4 is 27.5 Å². The Hall–Kier alpha value is -0.870. The Labute approximate surface area is 132 Å². The Balaban J connectivity index is 2.03. The smallest absolute Gasteiger partial charge is 0.0725 e. The van der Waals surface area contributed by atoms with Crippen LogP contribution in [0.25, 0.3) is 0 Å². The van der Waals surface area contributed by atoms with Crippen molar-refractivity contribution in [3.05, 3.63) is 68.1 Å². The van der Waals surface area contributed by atoms with Crippen LogP contribution in [0.5, 0.6) is 0 Å². The lowest BCUT2D eigenvalue weighted by Crippen LogP contribution is -2.18. The fourth-order valence-electron chi connectivity index (χ4n) is 2.61. The van der Waals surface area contributed by atoms with E-state index in [9.17, 15) is 0 Å². The normalized spacial score (nSPS) is 15.2. The third kappa shape index (κ3) is 2.63. The van der Waals surface area contributed by atoms with Crippen molar-refractivity contribution in [1.82, 2.24) is 5.32 Å². The van der Waals surface area contributed by atoms with E-state index in [4.69, 9.17) is 16.3 Å². The topological polar surface area (TPSA) is 21.3 Å². The van der Waals surface area contributed by atoms with E-state index in [0.717, 1.165) is 21.7 Å². The van der Waals surface area contributed by atoms with Crippen LogP contribution in [0, 0.1) is 0 Å². The highest BCUT2D eigenvalue weighted by atomic mass is 79.9. The zero-order valence-electron chi connectivity index (χ0n) is 11.1. The van der Waals surface area contributed by atoms with Crippen LogP contribution in [0.2, 0.25) is 5.02 Å². The molecular formula is C16H15BrClNO. The second-order valence-electron chi connectivity index (χ2n) is 4.91. The fraction of sp³-hybridized carbons (Fsp3) is 0.250. The molecule has 0 bridgehead atoms. The van der Waals surface area contributed by atoms with Gasteiger partial charge >= 0.3 is 0 Å². The number of halogens is 2. The number of benzene rings is 2. The maximum absolute atomic E-state index is 6.35. The van der Waals surface area contributed by atoms with Gasteiger partial charge in [0.05, 0.1) is 19.3 Å². The minimum absolute atomic E-state index is 0.0749. The number of nitrogens with one attached hydrogen (secondary N) is 1. The van der Waals surface area contributed by atoms with Gasteiger partial charge in [0, 0.05) is 9.50 Å². The molecule has 1 N–H and O–H groups in total. The molecule has 0 fully saturated rings. The molecule has 104 valence electrons. The zero-order valence-corrected chi connectivity index (χ0v) is 13.5. The first-order valence-electron chi connectivity index (χ1n) is 6.50. The van der Waals surface area contributed by atoms with Gasteiger partial charge in [-0.1, -0.05) is 45.7 Å². The molecule has 2 aromatic carbocycles. The van der Waals surface area contributed by atoms with Gasteiger partial charge in [0.2, 0.25) is 0 Å². The molecule has 0 saturated carbocycles. The third-order valence-electron chi connectivity index (χ3n) is 3.64. The summed E-state index contributed by atoms with van der Waals surface area (Å²) < 4.78 is 6.51. The Morgan fingerprint density at radius 2 is 1.95 bits per heavy atom. The molecule has 20 heavy (non-hydrogen) atoms. The molecule has 4 heteroatoms. The van der Waals surface area contributed by atoms with Crippen molar-refractivity contribution in [2.75, 3.05) is 7.05 Å². The standard InChI is InChI=1S/C16H15BrClNO/c1-19-16(14-7-13(17)4-5-15(14)18)10-2-3-11-8-20-9-12(11)6-10/h2-7,16,19H,8-9H2,1H3. The van der Waals surface area contributed by atoms with Gasteiger partial charge in [-0.05, 0) is 47.5 Å². The van der Waals surface area contributed by atoms with Crippen molar-refractivity contribution in [2.45, 2.75) is 19.3 Å². The van der Waals surface area contributed by atoms with Crippen LogP contribution < -0.4 is 5.32 Å². The van der Waals surface area contributed by atoms with E-state index in [-0.39, 0.29) is 6.04 Å². The third-order valence-corrected chi connectivity index (χ3v) is 4.47. The van der Waals surface area contributed by atoms with Crippen molar-refractivity contribution in [3.63, 3.8) is 0 Å². The molecule has 0 spiro atoms. The molecule has 0 aliphatic carbocycles. The zero-order chi connectivity index (χ0) is 14.1. The number of rotatable bonds is 3. The number of fused-ring (bicyclic) bond motifs is 1. The Morgan fingerprint density at radius 3 is 2.75 bits per heavy atom. The second kappa shape index (κ2) is 5.86. The molecule has 1 atom stereocenters. The molecule has 1 aliphatic rings. The summed E-state index contributed by atoms with van der Waals surface area (Å²) in [6.07, 6.45) is 0. The summed E-state index contributed by atoms with van der Waals surface area (Å²) >= 11 is 9.86. The average Bonchev–Trinajstić information content (AvgIpc) is 2.91. The molecule has 3 rings (SSSR count). The van der Waals surface area contributed by atoms with E-state index < -0.39 is 0 Å². The highest BCUT2D eigenvalue weighted by molar-refractivity contribution is 9.10. The number of hydrogen-bond donors (Lipinski definition) is 1. The summed E-state index contributed by atoms with van der Waals surface area (Å²) in [7, 11) is 1.95. The van der Waals surface area contributed by atoms with Crippen LogP contribution >= 0.6 is 27.5 Å². The highest BCUT2D eigenvalue weighted by Crippen LogP contribution is 2.32. The molecule has 0 saturated heterocycles. The van der Waals surface area contributed by atoms with Gasteiger partial charge in [-0.3, -0.25) is 0 Å². The lowest BCUT2D eigenvalue weighted by atomic mass is 9.96. The quantitative estimate of drug-likeness (QED) is 0.881. The van der Waals surface area contributed by atoms with Crippen LogP contribution in [0.3, 0.4) is 0 Å². The predicted molar refractivity (Wildman–Crippen MR) is 85.0 cm³/mol. The van der Waals surface area contributed by atoms with Crippen LogP contribution in [0.4, 0.5) is 0 Å². The van der Waals surface area contributed by atoms with Crippen molar-refractivity contribution < 1.29 is 4.74 Å². The summed E-state index contributed by atoms with van der Waals surface area (Å²) in [5.41, 5.74) is 4.83. The average molecular weight is 353 g/mol. The summed E-state index contributed by atoms with van der Waals surface area (Å²) in [5, 5.41) is 4.12. The largest absolute Gasteiger partial charge is 0.372 e. The van der Waals surface area contributed by atoms with E-state index in [1.54, 1.807) is 0 Å². The summed E-state index contributed by atoms with van der Waals surface area (Å²) in [6.45, 7) is 1.42. The monoisotopic (exact) mass is 351 g/mol. The predicted octanol–water partition coefficient (Wildman–Crippen LogP) is 4.44. The lowest BCUT2D eigenvalue weighted by Gasteiger charge is -2.19. The first-order chi connectivity index (χ1) is 9.69. The van der Waals surface area contributed by atoms with Gasteiger partial charge in [0.25, 0.3) is 0 Å². The fourth-order valence-corrected chi connectivity index (χ4v) is 3.21. The molecule has 1 aliphatic heterocycles. The molecule has 0 aromatic heterocycles. The first kappa shape index (κ1) is 14.1. The van der Waals surface area contributed by atoms with E-state index in [0.29, 0.717) is 6.61 Å². The van der Waals surface area contributed by atoms with Gasteiger partial charge in [-0.15, -0.1) is 0 Å². The van der Waals surface area contributed by atoms with E-state index in [2.05, 4.69) is 45.5 Å². The molecule has 2 aromatic rings. The highest BCUT2D eigenvalue weighted by Gasteiger charge is 2.18. The van der Waals surface area contributed by atoms with Crippen molar-refractivity contribution in [3.8, 4) is 0 Å². The van der Waals surface area contributed by atoms with Gasteiger partial charge in [0.1, 0.15) is 0 Å². The SMILES string of the molecule is CNC(c1ccc2c(c1)COC2)c1cc(Br)ccc1Cl. The van der Waals surface area contributed by atoms with Gasteiger partial charge < -0.3 is 10.1 Å². The van der Waals surface area contributed by atoms with E-state index in [1.165, 1.54) is 16.7 Å². The van der Waals surface area contributed by atoms with E-state index in [1.807, 2.05) is 19.2 Å². The molecular weight excluding hydrogens is 338 g/mol. The Morgan fingerprint density at radius 1 is 1.15 bits per heavy atom. The van der Waals surface area contributed by atoms with Crippen LogP contribution in [0.15, 0.2) is 40.9 Å². The second-order valence-corrected chi connectivity index (χ2v) is 6.23. The number of hydrogen-bond acceptors (Lipinski definition) is 2. The lowest BCUT2D eigenvalue weighted by molar-refractivity contribution is 0.134. The minimum atomic E-state index is 0.0749. The van der Waals surface area contributed by atoms with E-state index >= 15 is 0 Å². The summed E-state index contributed by atoms with van der Waals surface area (Å²) in [5.74, 6) is 0. The molecule has 2 nitrogen and oxygen atoms in total. The van der Waals surface area contributed by atoms with Crippen LogP contribution in [-0.4, -0.2) is 7.05 Å². The maximum atomic E-state index is 6.35. The Kier molecular flexibility index (Phi) is 4.13. The minimum Gasteiger partial charge on any atom is -0.372 e. The van der Waals surface area contributed by atoms with Gasteiger partial charge in [-0.2, -0.15) is 0 Å². The van der Waals surface area contributed by atoms with Gasteiger partial charge in [0.15, 0.2) is 0 Å². The summed E-state index contributed by atoms with van der Waals surface area (Å²) in [4.78, 5) is 0. The summed E-state index contributed by atoms with van der Waals surface area (Å²) in [6, 6.07) is 12.5. The molecule has 1 heterocycles. The number of ether oxygens (including phenoxy) is 1.